The molecule has 1 heterocycles. The molecule has 0 amide bonds. The summed E-state index contributed by atoms with van der Waals surface area (Å²) >= 11 is 0. The molecule has 0 unspecified atom stereocenters. The summed E-state index contributed by atoms with van der Waals surface area (Å²) < 4.78 is 0. The average Bonchev–Trinajstić information content (AvgIpc) is 1.23. The van der Waals surface area contributed by atoms with Gasteiger partial charge in [-0.2, -0.15) is 0 Å². The van der Waals surface area contributed by atoms with Crippen LogP contribution in [0.25, 0.3) is 0 Å². The lowest BCUT2D eigenvalue weighted by Crippen LogP contribution is -2.42. The van der Waals surface area contributed by atoms with E-state index in [1.807, 2.05) is 6.42 Å². The maximum absolute atomic E-state index is 9.69. The Hall–Kier alpha value is -0.800. The molecular formula is C3H5N2O2. The fourth-order valence-electron chi connectivity index (χ4n) is 0.378. The third-order valence-electron chi connectivity index (χ3n) is 0.911. The number of hydrogen-bond acceptors (Lipinski definition) is 2. The van der Waals surface area contributed by atoms with E-state index < -0.39 is 0 Å². The summed E-state index contributed by atoms with van der Waals surface area (Å²) in [6.45, 7) is 1.01. The molecule has 0 spiro atoms. The van der Waals surface area contributed by atoms with E-state index >= 15 is 0 Å². The fourth-order valence-corrected chi connectivity index (χ4v) is 0.378. The minimum atomic E-state index is -0.389. The molecule has 1 aliphatic heterocycles. The molecule has 0 N–H and O–H groups in total. The zero-order valence-electron chi connectivity index (χ0n) is 3.70. The van der Waals surface area contributed by atoms with Crippen molar-refractivity contribution in [3.8, 4) is 0 Å². The zero-order chi connectivity index (χ0) is 5.28. The van der Waals surface area contributed by atoms with Crippen molar-refractivity contribution in [2.75, 3.05) is 13.1 Å². The molecule has 0 atom stereocenters. The van der Waals surface area contributed by atoms with E-state index in [1.165, 1.54) is 0 Å². The van der Waals surface area contributed by atoms with Crippen LogP contribution in [0.1, 0.15) is 0 Å². The number of nitro groups is 1. The third kappa shape index (κ3) is 0.629. The van der Waals surface area contributed by atoms with Crippen LogP contribution in [0.5, 0.6) is 0 Å². The summed E-state index contributed by atoms with van der Waals surface area (Å²) in [7, 11) is 0. The van der Waals surface area contributed by atoms with Gasteiger partial charge in [0.15, 0.2) is 5.03 Å². The average molecular weight is 101 g/mol. The second kappa shape index (κ2) is 1.36. The molecule has 4 nitrogen and oxygen atoms in total. The van der Waals surface area contributed by atoms with Crippen molar-refractivity contribution in [2.45, 2.75) is 0 Å². The van der Waals surface area contributed by atoms with E-state index in [9.17, 15) is 10.1 Å². The molecule has 1 radical (unpaired) electrons. The van der Waals surface area contributed by atoms with E-state index in [4.69, 9.17) is 0 Å². The zero-order valence-corrected chi connectivity index (χ0v) is 3.70. The highest BCUT2D eigenvalue weighted by atomic mass is 16.7. The van der Waals surface area contributed by atoms with Crippen LogP contribution < -0.4 is 0 Å². The normalized spacial score (nSPS) is 18.6. The van der Waals surface area contributed by atoms with Gasteiger partial charge in [-0.25, -0.2) is 10.1 Å². The van der Waals surface area contributed by atoms with Crippen molar-refractivity contribution in [3.63, 3.8) is 0 Å². The molecule has 0 bridgehead atoms. The predicted octanol–water partition coefficient (Wildman–Crippen LogP) is -0.302. The first-order valence-corrected chi connectivity index (χ1v) is 2.01. The molecule has 0 aliphatic carbocycles. The van der Waals surface area contributed by atoms with Crippen LogP contribution in [0.3, 0.4) is 0 Å². The molecule has 0 aromatic rings. The highest BCUT2D eigenvalue weighted by Crippen LogP contribution is 2.01. The van der Waals surface area contributed by atoms with Crippen LogP contribution in [0, 0.1) is 16.5 Å². The maximum Gasteiger partial charge on any atom is 0.160 e. The fraction of sp³-hybridized carbons (Fsp3) is 0.667. The summed E-state index contributed by atoms with van der Waals surface area (Å²) in [6.07, 6.45) is 1.85. The third-order valence-corrected chi connectivity index (χ3v) is 0.911. The second-order valence-corrected chi connectivity index (χ2v) is 1.40. The van der Waals surface area contributed by atoms with Gasteiger partial charge in [0.05, 0.1) is 13.1 Å². The van der Waals surface area contributed by atoms with Crippen LogP contribution in [0.4, 0.5) is 0 Å². The SMILES string of the molecule is O=[N+]([O-])N1C[CH]C1. The number of hydrogen-bond donors (Lipinski definition) is 0. The Morgan fingerprint density at radius 1 is 1.71 bits per heavy atom. The van der Waals surface area contributed by atoms with Gasteiger partial charge in [-0.05, 0) is 0 Å². The topological polar surface area (TPSA) is 46.4 Å². The van der Waals surface area contributed by atoms with Gasteiger partial charge in [0.1, 0.15) is 0 Å². The number of nitrogens with zero attached hydrogens (tertiary/aromatic N) is 2. The maximum atomic E-state index is 9.69. The predicted molar refractivity (Wildman–Crippen MR) is 22.9 cm³/mol. The smallest absolute Gasteiger partial charge is 0.160 e. The molecule has 1 saturated heterocycles. The Kier molecular flexibility index (Phi) is 0.850. The van der Waals surface area contributed by atoms with Crippen molar-refractivity contribution in [3.05, 3.63) is 16.5 Å². The van der Waals surface area contributed by atoms with Crippen molar-refractivity contribution in [1.29, 1.82) is 0 Å². The van der Waals surface area contributed by atoms with Gasteiger partial charge in [0, 0.05) is 6.42 Å². The first-order valence-electron chi connectivity index (χ1n) is 2.01. The van der Waals surface area contributed by atoms with Crippen LogP contribution in [0.2, 0.25) is 0 Å². The van der Waals surface area contributed by atoms with Gasteiger partial charge in [-0.1, -0.05) is 0 Å². The summed E-state index contributed by atoms with van der Waals surface area (Å²) in [5.41, 5.74) is 0. The Bertz CT molecular complexity index is 88.9. The first kappa shape index (κ1) is 4.36. The minimum absolute atomic E-state index is 0.389. The van der Waals surface area contributed by atoms with Gasteiger partial charge in [-0.3, -0.25) is 0 Å². The molecule has 0 aromatic carbocycles. The molecule has 1 rings (SSSR count). The molecule has 0 aromatic heterocycles. The Balaban J connectivity index is 2.27. The molecule has 7 heavy (non-hydrogen) atoms. The Labute approximate surface area is 40.8 Å². The second-order valence-electron chi connectivity index (χ2n) is 1.40. The van der Waals surface area contributed by atoms with E-state index in [2.05, 4.69) is 0 Å². The van der Waals surface area contributed by atoms with E-state index in [0.717, 1.165) is 5.01 Å². The summed E-state index contributed by atoms with van der Waals surface area (Å²) in [6, 6.07) is 0. The Morgan fingerprint density at radius 2 is 2.29 bits per heavy atom. The van der Waals surface area contributed by atoms with Crippen LogP contribution in [-0.2, 0) is 0 Å². The van der Waals surface area contributed by atoms with Crippen LogP contribution in [-0.4, -0.2) is 23.1 Å². The first-order chi connectivity index (χ1) is 3.30. The van der Waals surface area contributed by atoms with E-state index in [1.54, 1.807) is 0 Å². The van der Waals surface area contributed by atoms with Gasteiger partial charge < -0.3 is 0 Å². The Morgan fingerprint density at radius 3 is 2.29 bits per heavy atom. The molecule has 1 fully saturated rings. The van der Waals surface area contributed by atoms with Crippen molar-refractivity contribution in [1.82, 2.24) is 5.01 Å². The van der Waals surface area contributed by atoms with E-state index in [-0.39, 0.29) is 5.03 Å². The summed E-state index contributed by atoms with van der Waals surface area (Å²) in [5, 5.41) is 10.4. The highest BCUT2D eigenvalue weighted by molar-refractivity contribution is 4.79. The monoisotopic (exact) mass is 101 g/mol. The number of rotatable bonds is 1. The van der Waals surface area contributed by atoms with Crippen molar-refractivity contribution in [2.24, 2.45) is 0 Å². The molecule has 0 saturated carbocycles. The van der Waals surface area contributed by atoms with Crippen LogP contribution >= 0.6 is 0 Å². The summed E-state index contributed by atoms with van der Waals surface area (Å²) in [5.74, 6) is 0. The minimum Gasteiger partial charge on any atom is -0.235 e. The molecule has 1 aliphatic rings. The standard InChI is InChI=1S/C3H5N2O2/c6-5(7)4-2-1-3-4/h1H,2-3H2. The summed E-state index contributed by atoms with van der Waals surface area (Å²) in [4.78, 5) is 9.69. The lowest BCUT2D eigenvalue weighted by Gasteiger charge is -2.20. The van der Waals surface area contributed by atoms with Gasteiger partial charge >= 0.3 is 0 Å². The van der Waals surface area contributed by atoms with Crippen LogP contribution in [0.15, 0.2) is 0 Å². The quantitative estimate of drug-likeness (QED) is 0.336. The van der Waals surface area contributed by atoms with Gasteiger partial charge in [0.25, 0.3) is 0 Å². The largest absolute Gasteiger partial charge is 0.235 e. The lowest BCUT2D eigenvalue weighted by atomic mass is 10.3. The van der Waals surface area contributed by atoms with Crippen molar-refractivity contribution >= 4 is 0 Å². The molecular weight excluding hydrogens is 96.0 g/mol. The number of hydrazine groups is 1. The van der Waals surface area contributed by atoms with E-state index in [0.29, 0.717) is 13.1 Å². The van der Waals surface area contributed by atoms with Gasteiger partial charge in [-0.15, -0.1) is 5.01 Å². The van der Waals surface area contributed by atoms with Gasteiger partial charge in [0.2, 0.25) is 0 Å². The molecule has 4 heteroatoms. The van der Waals surface area contributed by atoms with Crippen molar-refractivity contribution < 1.29 is 5.03 Å². The lowest BCUT2D eigenvalue weighted by molar-refractivity contribution is -0.662. The highest BCUT2D eigenvalue weighted by Gasteiger charge is 2.21. The molecule has 39 valence electrons.